The zero-order valence-electron chi connectivity index (χ0n) is 12.3. The van der Waals surface area contributed by atoms with Gasteiger partial charge in [-0.25, -0.2) is 0 Å². The molecule has 0 spiro atoms. The molecular weight excluding hydrogens is 299 g/mol. The first-order valence-electron chi connectivity index (χ1n) is 6.29. The molecule has 1 N–H and O–H groups in total. The maximum Gasteiger partial charge on any atom is 0.416 e. The highest BCUT2D eigenvalue weighted by Crippen LogP contribution is 2.34. The van der Waals surface area contributed by atoms with E-state index < -0.39 is 33.9 Å². The van der Waals surface area contributed by atoms with Gasteiger partial charge in [-0.1, -0.05) is 18.1 Å². The normalized spacial score (nSPS) is 15.4. The second-order valence-electron chi connectivity index (χ2n) is 5.62. The fourth-order valence-corrected chi connectivity index (χ4v) is 2.51. The van der Waals surface area contributed by atoms with E-state index in [1.165, 1.54) is 19.1 Å². The third kappa shape index (κ3) is 4.40. The topological polar surface area (TPSA) is 35.1 Å². The Kier molecular flexibility index (Phi) is 5.37. The highest BCUT2D eigenvalue weighted by molar-refractivity contribution is 7.90. The standard InChI is InChI=1S/C15H18F3NOS/c1-6-13(19-21(20)14(3,4)5)11-8-7-9-12(10(11)2)15(16,17)18/h1,7-9,13,19H,2-5H3. The van der Waals surface area contributed by atoms with E-state index in [1.807, 2.05) is 0 Å². The van der Waals surface area contributed by atoms with Crippen molar-refractivity contribution in [1.82, 2.24) is 4.72 Å². The third-order valence-corrected chi connectivity index (χ3v) is 4.50. The van der Waals surface area contributed by atoms with Gasteiger partial charge in [-0.2, -0.15) is 13.2 Å². The molecule has 0 radical (unpaired) electrons. The van der Waals surface area contributed by atoms with E-state index in [4.69, 9.17) is 6.42 Å². The molecule has 0 saturated carbocycles. The Hall–Kier alpha value is -1.16. The molecule has 0 aliphatic carbocycles. The highest BCUT2D eigenvalue weighted by Gasteiger charge is 2.35. The first kappa shape index (κ1) is 17.9. The van der Waals surface area contributed by atoms with Gasteiger partial charge in [0.1, 0.15) is 10.8 Å². The van der Waals surface area contributed by atoms with E-state index in [0.29, 0.717) is 5.56 Å². The second-order valence-corrected chi connectivity index (χ2v) is 7.61. The van der Waals surface area contributed by atoms with Crippen LogP contribution in [0.5, 0.6) is 0 Å². The molecule has 1 rings (SSSR count). The number of terminal acetylenes is 1. The number of halogens is 3. The van der Waals surface area contributed by atoms with Crippen molar-refractivity contribution in [3.8, 4) is 12.3 Å². The fraction of sp³-hybridized carbons (Fsp3) is 0.467. The first-order chi connectivity index (χ1) is 9.48. The van der Waals surface area contributed by atoms with Crippen LogP contribution in [-0.4, -0.2) is 9.30 Å². The summed E-state index contributed by atoms with van der Waals surface area (Å²) in [7, 11) is 0. The summed E-state index contributed by atoms with van der Waals surface area (Å²) in [6.07, 6.45) is 0.954. The molecule has 0 heterocycles. The lowest BCUT2D eigenvalue weighted by Crippen LogP contribution is -2.41. The average Bonchev–Trinajstić information content (AvgIpc) is 2.33. The molecular formula is C15H18F3NOS. The van der Waals surface area contributed by atoms with Gasteiger partial charge >= 0.3 is 6.18 Å². The molecule has 1 aromatic carbocycles. The minimum Gasteiger partial charge on any atom is -0.598 e. The second kappa shape index (κ2) is 6.30. The fourth-order valence-electron chi connectivity index (χ4n) is 1.74. The summed E-state index contributed by atoms with van der Waals surface area (Å²) in [5, 5.41) is 0. The van der Waals surface area contributed by atoms with Gasteiger partial charge < -0.3 is 4.55 Å². The average molecular weight is 317 g/mol. The number of nitrogens with one attached hydrogen (secondary N) is 1. The largest absolute Gasteiger partial charge is 0.598 e. The van der Waals surface area contributed by atoms with Gasteiger partial charge in [0, 0.05) is 11.4 Å². The van der Waals surface area contributed by atoms with Crippen LogP contribution in [0.3, 0.4) is 0 Å². The molecule has 2 atom stereocenters. The van der Waals surface area contributed by atoms with Crippen LogP contribution in [-0.2, 0) is 17.5 Å². The molecule has 116 valence electrons. The van der Waals surface area contributed by atoms with Gasteiger partial charge in [-0.15, -0.1) is 11.1 Å². The van der Waals surface area contributed by atoms with Gasteiger partial charge in [0.25, 0.3) is 0 Å². The van der Waals surface area contributed by atoms with Gasteiger partial charge in [-0.05, 0) is 44.9 Å². The van der Waals surface area contributed by atoms with Crippen LogP contribution in [0.15, 0.2) is 18.2 Å². The van der Waals surface area contributed by atoms with Crippen molar-refractivity contribution in [3.63, 3.8) is 0 Å². The molecule has 6 heteroatoms. The first-order valence-corrected chi connectivity index (χ1v) is 7.44. The van der Waals surface area contributed by atoms with E-state index in [1.54, 1.807) is 20.8 Å². The number of hydrogen-bond donors (Lipinski definition) is 1. The van der Waals surface area contributed by atoms with Crippen molar-refractivity contribution in [1.29, 1.82) is 0 Å². The molecule has 0 bridgehead atoms. The van der Waals surface area contributed by atoms with Crippen molar-refractivity contribution in [3.05, 3.63) is 34.9 Å². The molecule has 0 amide bonds. The van der Waals surface area contributed by atoms with Crippen LogP contribution < -0.4 is 4.72 Å². The van der Waals surface area contributed by atoms with Crippen molar-refractivity contribution >= 4 is 11.4 Å². The minimum atomic E-state index is -4.44. The van der Waals surface area contributed by atoms with Gasteiger partial charge in [0.15, 0.2) is 0 Å². The summed E-state index contributed by atoms with van der Waals surface area (Å²) in [6, 6.07) is 2.99. The summed E-state index contributed by atoms with van der Waals surface area (Å²) < 4.78 is 53.0. The van der Waals surface area contributed by atoms with Gasteiger partial charge in [-0.3, -0.25) is 0 Å². The number of benzene rings is 1. The van der Waals surface area contributed by atoms with Gasteiger partial charge in [0.05, 0.1) is 5.56 Å². The maximum absolute atomic E-state index is 12.9. The maximum atomic E-state index is 12.9. The van der Waals surface area contributed by atoms with Gasteiger partial charge in [0.2, 0.25) is 0 Å². The number of rotatable bonds is 3. The van der Waals surface area contributed by atoms with E-state index >= 15 is 0 Å². The monoisotopic (exact) mass is 317 g/mol. The van der Waals surface area contributed by atoms with E-state index in [-0.39, 0.29) is 5.56 Å². The highest BCUT2D eigenvalue weighted by atomic mass is 32.2. The summed E-state index contributed by atoms with van der Waals surface area (Å²) in [4.78, 5) is 0. The van der Waals surface area contributed by atoms with Crippen LogP contribution >= 0.6 is 0 Å². The molecule has 0 fully saturated rings. The summed E-state index contributed by atoms with van der Waals surface area (Å²) >= 11 is -1.48. The lowest BCUT2D eigenvalue weighted by Gasteiger charge is -2.27. The lowest BCUT2D eigenvalue weighted by atomic mass is 9.97. The van der Waals surface area contributed by atoms with Crippen molar-refractivity contribution < 1.29 is 17.7 Å². The summed E-state index contributed by atoms with van der Waals surface area (Å²) in [5.74, 6) is 2.37. The smallest absolute Gasteiger partial charge is 0.416 e. The third-order valence-electron chi connectivity index (χ3n) is 2.94. The molecule has 2 unspecified atom stereocenters. The summed E-state index contributed by atoms with van der Waals surface area (Å²) in [5.41, 5.74) is -0.375. The van der Waals surface area contributed by atoms with E-state index in [2.05, 4.69) is 10.6 Å². The molecule has 0 aliphatic rings. The Balaban J connectivity index is 3.17. The minimum absolute atomic E-state index is 0.0476. The van der Waals surface area contributed by atoms with E-state index in [0.717, 1.165) is 6.07 Å². The molecule has 2 nitrogen and oxygen atoms in total. The predicted molar refractivity (Wildman–Crippen MR) is 78.8 cm³/mol. The zero-order chi connectivity index (χ0) is 16.4. The molecule has 0 aliphatic heterocycles. The molecule has 0 saturated heterocycles. The van der Waals surface area contributed by atoms with Crippen LogP contribution in [0.25, 0.3) is 0 Å². The number of hydrogen-bond acceptors (Lipinski definition) is 2. The summed E-state index contributed by atoms with van der Waals surface area (Å²) in [6.45, 7) is 6.62. The van der Waals surface area contributed by atoms with Crippen LogP contribution in [0, 0.1) is 19.3 Å². The quantitative estimate of drug-likeness (QED) is 0.681. The number of alkyl halides is 3. The van der Waals surface area contributed by atoms with Crippen LogP contribution in [0.4, 0.5) is 13.2 Å². The zero-order valence-corrected chi connectivity index (χ0v) is 13.2. The Morgan fingerprint density at radius 3 is 2.29 bits per heavy atom. The van der Waals surface area contributed by atoms with Crippen molar-refractivity contribution in [2.24, 2.45) is 0 Å². The Morgan fingerprint density at radius 2 is 1.86 bits per heavy atom. The molecule has 21 heavy (non-hydrogen) atoms. The van der Waals surface area contributed by atoms with Crippen molar-refractivity contribution in [2.45, 2.75) is 44.7 Å². The Bertz CT molecular complexity index is 543. The lowest BCUT2D eigenvalue weighted by molar-refractivity contribution is -0.138. The van der Waals surface area contributed by atoms with Crippen molar-refractivity contribution in [2.75, 3.05) is 0 Å². The SMILES string of the molecule is C#CC(N[S+]([O-])C(C)(C)C)c1cccc(C(F)(F)F)c1C. The van der Waals surface area contributed by atoms with Crippen LogP contribution in [0.2, 0.25) is 0 Å². The molecule has 0 aromatic heterocycles. The van der Waals surface area contributed by atoms with E-state index in [9.17, 15) is 17.7 Å². The predicted octanol–water partition coefficient (Wildman–Crippen LogP) is 3.74. The van der Waals surface area contributed by atoms with Crippen LogP contribution in [0.1, 0.15) is 43.5 Å². The molecule has 1 aromatic rings. The Morgan fingerprint density at radius 1 is 1.29 bits per heavy atom. The Labute approximate surface area is 126 Å².